The van der Waals surface area contributed by atoms with E-state index < -0.39 is 5.54 Å². The second-order valence-electron chi connectivity index (χ2n) is 4.67. The molecule has 0 bridgehead atoms. The molecule has 0 aromatic carbocycles. The molecule has 3 N–H and O–H groups in total. The van der Waals surface area contributed by atoms with Crippen LogP contribution in [-0.2, 0) is 4.79 Å². The van der Waals surface area contributed by atoms with Crippen LogP contribution in [0, 0.1) is 0 Å². The molecule has 0 aromatic heterocycles. The Hall–Kier alpha value is -0.570. The van der Waals surface area contributed by atoms with Crippen LogP contribution in [0.4, 0.5) is 0 Å². The molecule has 0 spiro atoms. The molecule has 0 heterocycles. The van der Waals surface area contributed by atoms with Gasteiger partial charge in [-0.25, -0.2) is 0 Å². The quantitative estimate of drug-likeness (QED) is 0.748. The minimum atomic E-state index is -0.655. The van der Waals surface area contributed by atoms with Gasteiger partial charge in [-0.2, -0.15) is 0 Å². The van der Waals surface area contributed by atoms with Crippen LogP contribution in [0.1, 0.15) is 58.8 Å². The van der Waals surface area contributed by atoms with Crippen molar-refractivity contribution in [1.82, 2.24) is 5.32 Å². The lowest BCUT2D eigenvalue weighted by Crippen LogP contribution is -2.55. The lowest BCUT2D eigenvalue weighted by molar-refractivity contribution is -0.127. The van der Waals surface area contributed by atoms with Crippen LogP contribution in [0.5, 0.6) is 0 Å². The summed E-state index contributed by atoms with van der Waals surface area (Å²) in [5.74, 6) is 0.0411. The molecule has 1 aliphatic rings. The molecule has 1 saturated carbocycles. The Balaban J connectivity index is 2.45. The molecular weight excluding hydrogens is 188 g/mol. The van der Waals surface area contributed by atoms with E-state index in [0.29, 0.717) is 18.9 Å². The third kappa shape index (κ3) is 3.20. The van der Waals surface area contributed by atoms with E-state index in [0.717, 1.165) is 12.8 Å². The minimum Gasteiger partial charge on any atom is -0.352 e. The minimum absolute atomic E-state index is 0.0411. The molecular formula is C12H24N2O. The van der Waals surface area contributed by atoms with Crippen molar-refractivity contribution in [2.24, 2.45) is 5.73 Å². The SMILES string of the molecule is CCC(N)(CC)C(=O)NC1CCCCC1. The van der Waals surface area contributed by atoms with Gasteiger partial charge in [-0.15, -0.1) is 0 Å². The van der Waals surface area contributed by atoms with Crippen molar-refractivity contribution in [2.75, 3.05) is 0 Å². The number of nitrogens with one attached hydrogen (secondary N) is 1. The standard InChI is InChI=1S/C12H24N2O/c1-3-12(13,4-2)11(15)14-10-8-6-5-7-9-10/h10H,3-9,13H2,1-2H3,(H,14,15). The van der Waals surface area contributed by atoms with Crippen LogP contribution in [0.3, 0.4) is 0 Å². The molecule has 1 rings (SSSR count). The number of hydrogen-bond donors (Lipinski definition) is 2. The van der Waals surface area contributed by atoms with Crippen LogP contribution in [0.2, 0.25) is 0 Å². The van der Waals surface area contributed by atoms with Gasteiger partial charge in [-0.1, -0.05) is 33.1 Å². The second kappa shape index (κ2) is 5.50. The average molecular weight is 212 g/mol. The topological polar surface area (TPSA) is 55.1 Å². The molecule has 0 unspecified atom stereocenters. The second-order valence-corrected chi connectivity index (χ2v) is 4.67. The fourth-order valence-corrected chi connectivity index (χ4v) is 2.15. The van der Waals surface area contributed by atoms with Gasteiger partial charge in [0.1, 0.15) is 0 Å². The Morgan fingerprint density at radius 1 is 1.27 bits per heavy atom. The molecule has 1 aliphatic carbocycles. The molecule has 0 atom stereocenters. The van der Waals surface area contributed by atoms with Crippen LogP contribution in [0.15, 0.2) is 0 Å². The van der Waals surface area contributed by atoms with Gasteiger partial charge in [0.15, 0.2) is 0 Å². The Kier molecular flexibility index (Phi) is 4.58. The van der Waals surface area contributed by atoms with E-state index >= 15 is 0 Å². The van der Waals surface area contributed by atoms with E-state index in [2.05, 4.69) is 5.32 Å². The van der Waals surface area contributed by atoms with Crippen molar-refractivity contribution in [3.63, 3.8) is 0 Å². The van der Waals surface area contributed by atoms with Crippen LogP contribution in [-0.4, -0.2) is 17.5 Å². The molecule has 3 nitrogen and oxygen atoms in total. The summed E-state index contributed by atoms with van der Waals surface area (Å²) in [4.78, 5) is 12.0. The van der Waals surface area contributed by atoms with Gasteiger partial charge >= 0.3 is 0 Å². The number of rotatable bonds is 4. The first-order valence-corrected chi connectivity index (χ1v) is 6.22. The van der Waals surface area contributed by atoms with E-state index in [1.807, 2.05) is 13.8 Å². The fraction of sp³-hybridized carbons (Fsp3) is 0.917. The van der Waals surface area contributed by atoms with Crippen LogP contribution in [0.25, 0.3) is 0 Å². The van der Waals surface area contributed by atoms with Gasteiger partial charge in [0.05, 0.1) is 5.54 Å². The molecule has 0 aromatic rings. The van der Waals surface area contributed by atoms with Gasteiger partial charge in [-0.05, 0) is 25.7 Å². The van der Waals surface area contributed by atoms with Gasteiger partial charge in [0, 0.05) is 6.04 Å². The summed E-state index contributed by atoms with van der Waals surface area (Å²) >= 11 is 0. The maximum absolute atomic E-state index is 12.0. The van der Waals surface area contributed by atoms with E-state index in [4.69, 9.17) is 5.73 Å². The summed E-state index contributed by atoms with van der Waals surface area (Å²) in [7, 11) is 0. The van der Waals surface area contributed by atoms with Crippen molar-refractivity contribution >= 4 is 5.91 Å². The molecule has 0 radical (unpaired) electrons. The lowest BCUT2D eigenvalue weighted by atomic mass is 9.90. The number of amides is 1. The lowest BCUT2D eigenvalue weighted by Gasteiger charge is -2.30. The highest BCUT2D eigenvalue weighted by molar-refractivity contribution is 5.86. The number of carbonyl (C=O) groups excluding carboxylic acids is 1. The Labute approximate surface area is 92.8 Å². The monoisotopic (exact) mass is 212 g/mol. The summed E-state index contributed by atoms with van der Waals surface area (Å²) in [5.41, 5.74) is 5.39. The largest absolute Gasteiger partial charge is 0.352 e. The predicted octanol–water partition coefficient (Wildman–Crippen LogP) is 1.95. The molecule has 1 amide bonds. The molecule has 3 heteroatoms. The van der Waals surface area contributed by atoms with Crippen molar-refractivity contribution in [1.29, 1.82) is 0 Å². The first-order valence-electron chi connectivity index (χ1n) is 6.22. The smallest absolute Gasteiger partial charge is 0.240 e. The zero-order valence-electron chi connectivity index (χ0n) is 10.0. The number of nitrogens with two attached hydrogens (primary N) is 1. The molecule has 0 aliphatic heterocycles. The average Bonchev–Trinajstić information content (AvgIpc) is 2.29. The maximum Gasteiger partial charge on any atom is 0.240 e. The third-order valence-corrected chi connectivity index (χ3v) is 3.65. The normalized spacial score (nSPS) is 18.9. The molecule has 1 fully saturated rings. The third-order valence-electron chi connectivity index (χ3n) is 3.65. The van der Waals surface area contributed by atoms with Crippen molar-refractivity contribution in [3.05, 3.63) is 0 Å². The number of carbonyl (C=O) groups is 1. The van der Waals surface area contributed by atoms with E-state index in [-0.39, 0.29) is 5.91 Å². The highest BCUT2D eigenvalue weighted by atomic mass is 16.2. The first-order chi connectivity index (χ1) is 7.12. The van der Waals surface area contributed by atoms with Crippen molar-refractivity contribution in [2.45, 2.75) is 70.4 Å². The maximum atomic E-state index is 12.0. The van der Waals surface area contributed by atoms with E-state index in [9.17, 15) is 4.79 Å². The summed E-state index contributed by atoms with van der Waals surface area (Å²) in [5, 5.41) is 3.10. The number of hydrogen-bond acceptors (Lipinski definition) is 2. The van der Waals surface area contributed by atoms with E-state index in [1.54, 1.807) is 0 Å². The van der Waals surface area contributed by atoms with Crippen LogP contribution < -0.4 is 11.1 Å². The van der Waals surface area contributed by atoms with Crippen molar-refractivity contribution in [3.8, 4) is 0 Å². The van der Waals surface area contributed by atoms with Gasteiger partial charge in [0.2, 0.25) is 5.91 Å². The van der Waals surface area contributed by atoms with Gasteiger partial charge in [-0.3, -0.25) is 4.79 Å². The first kappa shape index (κ1) is 12.5. The molecule has 88 valence electrons. The van der Waals surface area contributed by atoms with Crippen molar-refractivity contribution < 1.29 is 4.79 Å². The van der Waals surface area contributed by atoms with Crippen LogP contribution >= 0.6 is 0 Å². The Morgan fingerprint density at radius 3 is 2.27 bits per heavy atom. The van der Waals surface area contributed by atoms with E-state index in [1.165, 1.54) is 19.3 Å². The summed E-state index contributed by atoms with van der Waals surface area (Å²) < 4.78 is 0. The summed E-state index contributed by atoms with van der Waals surface area (Å²) in [6.07, 6.45) is 7.44. The highest BCUT2D eigenvalue weighted by Crippen LogP contribution is 2.19. The Morgan fingerprint density at radius 2 is 1.80 bits per heavy atom. The zero-order valence-corrected chi connectivity index (χ0v) is 10.0. The Bertz CT molecular complexity index is 206. The molecule has 15 heavy (non-hydrogen) atoms. The van der Waals surface area contributed by atoms with Gasteiger partial charge < -0.3 is 11.1 Å². The molecule has 0 saturated heterocycles. The fourth-order valence-electron chi connectivity index (χ4n) is 2.15. The van der Waals surface area contributed by atoms with Gasteiger partial charge in [0.25, 0.3) is 0 Å². The zero-order chi connectivity index (χ0) is 11.3. The summed E-state index contributed by atoms with van der Waals surface area (Å²) in [6.45, 7) is 3.95. The summed E-state index contributed by atoms with van der Waals surface area (Å²) in [6, 6.07) is 0.368. The predicted molar refractivity (Wildman–Crippen MR) is 62.5 cm³/mol. The highest BCUT2D eigenvalue weighted by Gasteiger charge is 2.31.